The summed E-state index contributed by atoms with van der Waals surface area (Å²) >= 11 is 1.37. The van der Waals surface area contributed by atoms with Crippen LogP contribution in [-0.4, -0.2) is 16.7 Å². The highest BCUT2D eigenvalue weighted by atomic mass is 32.2. The topological polar surface area (TPSA) is 51.0 Å². The largest absolute Gasteiger partial charge is 0.337 e. The summed E-state index contributed by atoms with van der Waals surface area (Å²) in [4.78, 5) is 5.03. The quantitative estimate of drug-likeness (QED) is 0.878. The maximum absolute atomic E-state index is 13.5. The second-order valence-corrected chi connectivity index (χ2v) is 6.11. The van der Waals surface area contributed by atoms with Crippen LogP contribution in [0.3, 0.4) is 0 Å². The fourth-order valence-electron chi connectivity index (χ4n) is 2.32. The van der Waals surface area contributed by atoms with Crippen molar-refractivity contribution in [3.05, 3.63) is 41.8 Å². The Morgan fingerprint density at radius 1 is 1.45 bits per heavy atom. The second kappa shape index (κ2) is 5.54. The minimum atomic E-state index is -0.217. The lowest BCUT2D eigenvalue weighted by molar-refractivity contribution is 0.274. The van der Waals surface area contributed by atoms with Crippen molar-refractivity contribution in [3.63, 3.8) is 0 Å². The van der Waals surface area contributed by atoms with Gasteiger partial charge < -0.3 is 9.84 Å². The Kier molecular flexibility index (Phi) is 3.76. The van der Waals surface area contributed by atoms with E-state index < -0.39 is 0 Å². The maximum Gasteiger partial charge on any atom is 0.246 e. The van der Waals surface area contributed by atoms with Gasteiger partial charge >= 0.3 is 0 Å². The average molecular weight is 293 g/mol. The fourth-order valence-corrected chi connectivity index (χ4v) is 3.10. The number of halogens is 1. The lowest BCUT2D eigenvalue weighted by atomic mass is 10.0. The molecular weight excluding hydrogens is 277 g/mol. The van der Waals surface area contributed by atoms with Crippen molar-refractivity contribution < 1.29 is 8.91 Å². The van der Waals surface area contributed by atoms with E-state index in [1.54, 1.807) is 12.1 Å². The molecule has 1 atom stereocenters. The summed E-state index contributed by atoms with van der Waals surface area (Å²) in [6.45, 7) is 3.04. The zero-order valence-corrected chi connectivity index (χ0v) is 12.0. The van der Waals surface area contributed by atoms with Crippen LogP contribution in [0.2, 0.25) is 0 Å². The van der Waals surface area contributed by atoms with E-state index in [4.69, 9.17) is 4.52 Å². The molecule has 0 radical (unpaired) electrons. The third-order valence-electron chi connectivity index (χ3n) is 3.50. The van der Waals surface area contributed by atoms with Crippen molar-refractivity contribution in [2.75, 3.05) is 6.54 Å². The summed E-state index contributed by atoms with van der Waals surface area (Å²) in [7, 11) is 0. The van der Waals surface area contributed by atoms with Crippen molar-refractivity contribution in [2.45, 2.75) is 36.0 Å². The molecule has 2 aromatic rings. The molecule has 0 bridgehead atoms. The summed E-state index contributed by atoms with van der Waals surface area (Å²) in [6, 6.07) is 6.70. The molecule has 1 aromatic carbocycles. The molecule has 0 aliphatic carbocycles. The van der Waals surface area contributed by atoms with Crippen LogP contribution in [0.15, 0.2) is 33.7 Å². The Morgan fingerprint density at radius 2 is 2.30 bits per heavy atom. The van der Waals surface area contributed by atoms with E-state index in [1.165, 1.54) is 17.8 Å². The minimum absolute atomic E-state index is 0.214. The molecule has 1 saturated heterocycles. The van der Waals surface area contributed by atoms with Gasteiger partial charge in [0.2, 0.25) is 5.89 Å². The molecule has 20 heavy (non-hydrogen) atoms. The van der Waals surface area contributed by atoms with Crippen LogP contribution in [0.4, 0.5) is 4.39 Å². The molecule has 1 N–H and O–H groups in total. The molecule has 2 heterocycles. The first kappa shape index (κ1) is 13.6. The smallest absolute Gasteiger partial charge is 0.246 e. The Bertz CT molecular complexity index is 596. The lowest BCUT2D eigenvalue weighted by Crippen LogP contribution is -2.33. The maximum atomic E-state index is 13.5. The number of aromatic nitrogens is 2. The predicted octanol–water partition coefficient (Wildman–Crippen LogP) is 3.10. The van der Waals surface area contributed by atoms with E-state index in [1.807, 2.05) is 6.07 Å². The number of nitrogens with zero attached hydrogens (tertiary/aromatic N) is 2. The zero-order valence-electron chi connectivity index (χ0n) is 11.2. The van der Waals surface area contributed by atoms with Gasteiger partial charge in [-0.2, -0.15) is 4.98 Å². The SMILES string of the molecule is CC1(c2nc(CSc3ccccc3F)no2)CCCN1. The lowest BCUT2D eigenvalue weighted by Gasteiger charge is -2.18. The van der Waals surface area contributed by atoms with Gasteiger partial charge in [0, 0.05) is 4.90 Å². The van der Waals surface area contributed by atoms with Crippen molar-refractivity contribution in [1.29, 1.82) is 0 Å². The molecule has 1 unspecified atom stereocenters. The van der Waals surface area contributed by atoms with Gasteiger partial charge in [0.05, 0.1) is 11.3 Å². The Hall–Kier alpha value is -1.40. The number of benzene rings is 1. The third kappa shape index (κ3) is 2.71. The summed E-state index contributed by atoms with van der Waals surface area (Å²) in [5.41, 5.74) is -0.214. The van der Waals surface area contributed by atoms with Crippen LogP contribution in [0.25, 0.3) is 0 Å². The average Bonchev–Trinajstić information content (AvgIpc) is 3.08. The first-order valence-electron chi connectivity index (χ1n) is 6.63. The molecular formula is C14H16FN3OS. The van der Waals surface area contributed by atoms with E-state index in [0.717, 1.165) is 19.4 Å². The van der Waals surface area contributed by atoms with Crippen LogP contribution in [-0.2, 0) is 11.3 Å². The monoisotopic (exact) mass is 293 g/mol. The van der Waals surface area contributed by atoms with Gasteiger partial charge in [-0.05, 0) is 38.4 Å². The Balaban J connectivity index is 1.67. The van der Waals surface area contributed by atoms with Gasteiger partial charge in [0.1, 0.15) is 5.82 Å². The number of thioether (sulfide) groups is 1. The van der Waals surface area contributed by atoms with Crippen molar-refractivity contribution >= 4 is 11.8 Å². The van der Waals surface area contributed by atoms with Crippen molar-refractivity contribution in [3.8, 4) is 0 Å². The van der Waals surface area contributed by atoms with Crippen LogP contribution < -0.4 is 5.32 Å². The molecule has 106 valence electrons. The van der Waals surface area contributed by atoms with E-state index in [2.05, 4.69) is 22.4 Å². The Labute approximate surface area is 121 Å². The van der Waals surface area contributed by atoms with Crippen LogP contribution in [0, 0.1) is 5.82 Å². The highest BCUT2D eigenvalue weighted by Crippen LogP contribution is 2.30. The van der Waals surface area contributed by atoms with Gasteiger partial charge in [0.25, 0.3) is 0 Å². The molecule has 0 amide bonds. The zero-order chi connectivity index (χ0) is 14.0. The molecule has 3 rings (SSSR count). The highest BCUT2D eigenvalue weighted by Gasteiger charge is 2.35. The molecule has 1 aliphatic heterocycles. The van der Waals surface area contributed by atoms with Gasteiger partial charge in [-0.25, -0.2) is 4.39 Å². The summed E-state index contributed by atoms with van der Waals surface area (Å²) in [6.07, 6.45) is 2.10. The molecule has 0 spiro atoms. The summed E-state index contributed by atoms with van der Waals surface area (Å²) in [5, 5.41) is 7.36. The number of rotatable bonds is 4. The third-order valence-corrected chi connectivity index (χ3v) is 4.55. The van der Waals surface area contributed by atoms with Crippen LogP contribution >= 0.6 is 11.8 Å². The van der Waals surface area contributed by atoms with Gasteiger partial charge in [-0.15, -0.1) is 11.8 Å². The van der Waals surface area contributed by atoms with E-state index in [-0.39, 0.29) is 11.4 Å². The summed E-state index contributed by atoms with van der Waals surface area (Å²) < 4.78 is 18.8. The molecule has 1 fully saturated rings. The second-order valence-electron chi connectivity index (χ2n) is 5.10. The molecule has 1 aliphatic rings. The first-order chi connectivity index (χ1) is 9.67. The standard InChI is InChI=1S/C14H16FN3OS/c1-14(7-4-8-16-14)13-17-12(18-19-13)9-20-11-6-3-2-5-10(11)15/h2-3,5-6,16H,4,7-9H2,1H3. The summed E-state index contributed by atoms with van der Waals surface area (Å²) in [5.74, 6) is 1.51. The van der Waals surface area contributed by atoms with E-state index in [9.17, 15) is 4.39 Å². The Morgan fingerprint density at radius 3 is 3.05 bits per heavy atom. The number of hydrogen-bond acceptors (Lipinski definition) is 5. The molecule has 1 aromatic heterocycles. The van der Waals surface area contributed by atoms with Gasteiger partial charge in [-0.1, -0.05) is 17.3 Å². The minimum Gasteiger partial charge on any atom is -0.337 e. The number of hydrogen-bond donors (Lipinski definition) is 1. The normalized spacial score (nSPS) is 22.3. The van der Waals surface area contributed by atoms with Gasteiger partial charge in [-0.3, -0.25) is 0 Å². The predicted molar refractivity (Wildman–Crippen MR) is 74.8 cm³/mol. The van der Waals surface area contributed by atoms with Gasteiger partial charge in [0.15, 0.2) is 5.82 Å². The molecule has 6 heteroatoms. The first-order valence-corrected chi connectivity index (χ1v) is 7.61. The van der Waals surface area contributed by atoms with Crippen LogP contribution in [0.5, 0.6) is 0 Å². The highest BCUT2D eigenvalue weighted by molar-refractivity contribution is 7.98. The number of nitrogens with one attached hydrogen (secondary N) is 1. The van der Waals surface area contributed by atoms with Crippen molar-refractivity contribution in [2.24, 2.45) is 0 Å². The molecule has 0 saturated carbocycles. The van der Waals surface area contributed by atoms with Crippen molar-refractivity contribution in [1.82, 2.24) is 15.5 Å². The van der Waals surface area contributed by atoms with E-state index >= 15 is 0 Å². The van der Waals surface area contributed by atoms with Crippen LogP contribution in [0.1, 0.15) is 31.5 Å². The molecule has 4 nitrogen and oxygen atoms in total. The fraction of sp³-hybridized carbons (Fsp3) is 0.429. The van der Waals surface area contributed by atoms with E-state index in [0.29, 0.717) is 22.4 Å².